The van der Waals surface area contributed by atoms with Gasteiger partial charge in [-0.3, -0.25) is 0 Å². The molecule has 0 amide bonds. The van der Waals surface area contributed by atoms with Gasteiger partial charge < -0.3 is 0 Å². The van der Waals surface area contributed by atoms with Crippen molar-refractivity contribution >= 4 is 32.6 Å². The van der Waals surface area contributed by atoms with E-state index in [4.69, 9.17) is 5.10 Å². The topological polar surface area (TPSA) is 21.7 Å². The third-order valence-electron chi connectivity index (χ3n) is 4.95. The maximum absolute atomic E-state index is 4.97. The molecule has 0 bridgehead atoms. The minimum Gasteiger partial charge on any atom is -0.150 e. The fourth-order valence-corrected chi connectivity index (χ4v) is 3.70. The predicted molar refractivity (Wildman–Crippen MR) is 102 cm³/mol. The van der Waals surface area contributed by atoms with Crippen LogP contribution >= 0.6 is 0 Å². The standard InChI is InChI=1S/C22H18N3/c1-15-11-13-16(14-12-15)25-23-21-19-9-5-3-7-17(19)18-8-4-6-10-20(18)22(21)24(25)2/h3-14H,1-2H3/q+1. The van der Waals surface area contributed by atoms with E-state index in [1.54, 1.807) is 0 Å². The fraction of sp³-hybridized carbons (Fsp3) is 0.0909. The maximum atomic E-state index is 4.97. The Morgan fingerprint density at radius 2 is 1.28 bits per heavy atom. The first-order valence-corrected chi connectivity index (χ1v) is 8.49. The molecular weight excluding hydrogens is 306 g/mol. The maximum Gasteiger partial charge on any atom is 0.258 e. The van der Waals surface area contributed by atoms with Gasteiger partial charge in [0.15, 0.2) is 0 Å². The third-order valence-corrected chi connectivity index (χ3v) is 4.95. The van der Waals surface area contributed by atoms with Gasteiger partial charge >= 0.3 is 0 Å². The highest BCUT2D eigenvalue weighted by atomic mass is 15.5. The van der Waals surface area contributed by atoms with Crippen LogP contribution in [0.1, 0.15) is 5.56 Å². The van der Waals surface area contributed by atoms with Crippen LogP contribution in [-0.2, 0) is 7.05 Å². The van der Waals surface area contributed by atoms with Crippen LogP contribution in [0, 0.1) is 6.92 Å². The molecule has 0 saturated heterocycles. The van der Waals surface area contributed by atoms with Crippen LogP contribution in [0.3, 0.4) is 0 Å². The van der Waals surface area contributed by atoms with Gasteiger partial charge in [-0.1, -0.05) is 54.1 Å². The second-order valence-corrected chi connectivity index (χ2v) is 6.54. The lowest BCUT2D eigenvalue weighted by Gasteiger charge is -2.03. The molecule has 0 radical (unpaired) electrons. The molecule has 1 heterocycles. The number of fused-ring (bicyclic) bond motifs is 6. The van der Waals surface area contributed by atoms with E-state index >= 15 is 0 Å². The Hall–Kier alpha value is -3.20. The molecule has 5 aromatic rings. The Labute approximate surface area is 145 Å². The van der Waals surface area contributed by atoms with Crippen LogP contribution in [0.5, 0.6) is 0 Å². The molecule has 0 aliphatic heterocycles. The van der Waals surface area contributed by atoms with Gasteiger partial charge in [0.25, 0.3) is 5.52 Å². The zero-order valence-corrected chi connectivity index (χ0v) is 14.3. The summed E-state index contributed by atoms with van der Waals surface area (Å²) in [4.78, 5) is 1.99. The van der Waals surface area contributed by atoms with E-state index in [2.05, 4.69) is 91.4 Å². The van der Waals surface area contributed by atoms with E-state index in [1.807, 2.05) is 4.80 Å². The van der Waals surface area contributed by atoms with Gasteiger partial charge in [0, 0.05) is 10.8 Å². The number of rotatable bonds is 1. The SMILES string of the molecule is Cc1ccc(-n2nc3c4ccccc4c4ccccc4c3[n+]2C)cc1. The van der Waals surface area contributed by atoms with Crippen molar-refractivity contribution in [2.45, 2.75) is 6.92 Å². The number of hydrogen-bond acceptors (Lipinski definition) is 1. The Balaban J connectivity index is 1.99. The quantitative estimate of drug-likeness (QED) is 0.329. The average Bonchev–Trinajstić information content (AvgIpc) is 3.00. The molecule has 25 heavy (non-hydrogen) atoms. The number of aryl methyl sites for hydroxylation is 2. The van der Waals surface area contributed by atoms with Crippen LogP contribution < -0.4 is 4.68 Å². The number of hydrogen-bond donors (Lipinski definition) is 0. The first-order valence-electron chi connectivity index (χ1n) is 8.49. The zero-order valence-electron chi connectivity index (χ0n) is 14.3. The summed E-state index contributed by atoms with van der Waals surface area (Å²) in [7, 11) is 2.08. The molecule has 0 saturated carbocycles. The van der Waals surface area contributed by atoms with Crippen molar-refractivity contribution in [1.29, 1.82) is 0 Å². The van der Waals surface area contributed by atoms with E-state index in [0.29, 0.717) is 0 Å². The van der Waals surface area contributed by atoms with Crippen molar-refractivity contribution < 1.29 is 4.68 Å². The minimum absolute atomic E-state index is 1.04. The smallest absolute Gasteiger partial charge is 0.150 e. The van der Waals surface area contributed by atoms with Crippen LogP contribution in [0.2, 0.25) is 0 Å². The number of nitrogens with zero attached hydrogens (tertiary/aromatic N) is 3. The lowest BCUT2D eigenvalue weighted by Crippen LogP contribution is -2.38. The van der Waals surface area contributed by atoms with Crippen molar-refractivity contribution in [3.05, 3.63) is 78.4 Å². The van der Waals surface area contributed by atoms with Gasteiger partial charge in [0.1, 0.15) is 12.7 Å². The highest BCUT2D eigenvalue weighted by molar-refractivity contribution is 6.22. The molecule has 0 aliphatic rings. The van der Waals surface area contributed by atoms with Crippen LogP contribution in [0.15, 0.2) is 72.8 Å². The van der Waals surface area contributed by atoms with Crippen molar-refractivity contribution in [3.8, 4) is 5.69 Å². The second-order valence-electron chi connectivity index (χ2n) is 6.54. The average molecular weight is 324 g/mol. The first-order chi connectivity index (χ1) is 12.2. The third kappa shape index (κ3) is 1.99. The molecule has 3 heteroatoms. The summed E-state index contributed by atoms with van der Waals surface area (Å²) in [6.07, 6.45) is 0. The number of aromatic nitrogens is 3. The molecule has 1 aromatic heterocycles. The van der Waals surface area contributed by atoms with Gasteiger partial charge in [0.2, 0.25) is 5.52 Å². The highest BCUT2D eigenvalue weighted by Gasteiger charge is 2.23. The van der Waals surface area contributed by atoms with Gasteiger partial charge in [-0.25, -0.2) is 0 Å². The van der Waals surface area contributed by atoms with Crippen LogP contribution in [-0.4, -0.2) is 9.90 Å². The summed E-state index contributed by atoms with van der Waals surface area (Å²) < 4.78 is 2.15. The Morgan fingerprint density at radius 3 is 1.96 bits per heavy atom. The van der Waals surface area contributed by atoms with Crippen molar-refractivity contribution in [1.82, 2.24) is 9.90 Å². The molecule has 120 valence electrons. The monoisotopic (exact) mass is 324 g/mol. The Morgan fingerprint density at radius 1 is 0.720 bits per heavy atom. The molecule has 0 N–H and O–H groups in total. The van der Waals surface area contributed by atoms with Gasteiger partial charge in [-0.2, -0.15) is 0 Å². The van der Waals surface area contributed by atoms with E-state index < -0.39 is 0 Å². The van der Waals surface area contributed by atoms with Gasteiger partial charge in [0.05, 0.1) is 5.10 Å². The molecule has 0 unspecified atom stereocenters. The lowest BCUT2D eigenvalue weighted by atomic mass is 10.00. The lowest BCUT2D eigenvalue weighted by molar-refractivity contribution is -0.725. The van der Waals surface area contributed by atoms with Crippen molar-refractivity contribution in [3.63, 3.8) is 0 Å². The van der Waals surface area contributed by atoms with E-state index in [0.717, 1.165) is 16.7 Å². The van der Waals surface area contributed by atoms with E-state index in [9.17, 15) is 0 Å². The molecule has 0 spiro atoms. The molecule has 5 rings (SSSR count). The summed E-state index contributed by atoms with van der Waals surface area (Å²) >= 11 is 0. The highest BCUT2D eigenvalue weighted by Crippen LogP contribution is 2.32. The van der Waals surface area contributed by atoms with Crippen molar-refractivity contribution in [2.75, 3.05) is 0 Å². The molecular formula is C22H18N3+. The molecule has 3 nitrogen and oxygen atoms in total. The molecule has 0 atom stereocenters. The summed E-state index contributed by atoms with van der Waals surface area (Å²) in [6.45, 7) is 2.10. The second kappa shape index (κ2) is 5.15. The fourth-order valence-electron chi connectivity index (χ4n) is 3.70. The molecule has 4 aromatic carbocycles. The normalized spacial score (nSPS) is 11.6. The summed E-state index contributed by atoms with van der Waals surface area (Å²) in [5, 5.41) is 9.91. The summed E-state index contributed by atoms with van der Waals surface area (Å²) in [5.41, 5.74) is 4.52. The summed E-state index contributed by atoms with van der Waals surface area (Å²) in [6, 6.07) is 25.6. The van der Waals surface area contributed by atoms with E-state index in [1.165, 1.54) is 27.1 Å². The minimum atomic E-state index is 1.04. The Kier molecular flexibility index (Phi) is 2.92. The zero-order chi connectivity index (χ0) is 17.0. The molecule has 0 aliphatic carbocycles. The van der Waals surface area contributed by atoms with Gasteiger partial charge in [-0.05, 0) is 46.8 Å². The molecule has 0 fully saturated rings. The Bertz CT molecular complexity index is 1250. The summed E-state index contributed by atoms with van der Waals surface area (Å²) in [5.74, 6) is 0. The van der Waals surface area contributed by atoms with E-state index in [-0.39, 0.29) is 0 Å². The van der Waals surface area contributed by atoms with Gasteiger partial charge in [-0.15, -0.1) is 4.68 Å². The van der Waals surface area contributed by atoms with Crippen molar-refractivity contribution in [2.24, 2.45) is 7.05 Å². The predicted octanol–water partition coefficient (Wildman–Crippen LogP) is 4.46. The largest absolute Gasteiger partial charge is 0.258 e. The number of benzene rings is 4. The van der Waals surface area contributed by atoms with Crippen LogP contribution in [0.4, 0.5) is 0 Å². The van der Waals surface area contributed by atoms with Crippen LogP contribution in [0.25, 0.3) is 38.3 Å². The first kappa shape index (κ1) is 14.2.